The number of ketones is 1. The van der Waals surface area contributed by atoms with E-state index < -0.39 is 17.2 Å². The largest absolute Gasteiger partial charge is 0.354 e. The van der Waals surface area contributed by atoms with Gasteiger partial charge in [-0.2, -0.15) is 0 Å². The van der Waals surface area contributed by atoms with Crippen molar-refractivity contribution in [3.8, 4) is 0 Å². The van der Waals surface area contributed by atoms with Crippen molar-refractivity contribution in [2.45, 2.75) is 31.3 Å². The fourth-order valence-corrected chi connectivity index (χ4v) is 2.02. The Kier molecular flexibility index (Phi) is 7.34. The van der Waals surface area contributed by atoms with Gasteiger partial charge < -0.3 is 16.4 Å². The fourth-order valence-electron chi connectivity index (χ4n) is 1.80. The lowest BCUT2D eigenvalue weighted by molar-refractivity contribution is -0.126. The lowest BCUT2D eigenvalue weighted by Crippen LogP contribution is -2.46. The van der Waals surface area contributed by atoms with E-state index in [1.54, 1.807) is 0 Å². The second-order valence-corrected chi connectivity index (χ2v) is 5.24. The number of nitrogens with two attached hydrogens (primary N) is 1. The maximum Gasteiger partial charge on any atom is 0.239 e. The van der Waals surface area contributed by atoms with Crippen molar-refractivity contribution >= 4 is 35.3 Å². The number of hydrogen-bond acceptors (Lipinski definition) is 6. The van der Waals surface area contributed by atoms with Gasteiger partial charge in [0.2, 0.25) is 16.9 Å². The Hall–Kier alpha value is -1.45. The molecule has 1 saturated heterocycles. The number of carbonyl (C=O) groups excluding carboxylic acids is 4. The van der Waals surface area contributed by atoms with Crippen molar-refractivity contribution in [1.82, 2.24) is 16.0 Å². The molecule has 5 N–H and O–H groups in total. The molecule has 1 rings (SSSR count). The molecular weight excluding hydrogens is 296 g/mol. The molecule has 2 amide bonds. The van der Waals surface area contributed by atoms with Crippen LogP contribution in [0.5, 0.6) is 0 Å². The number of carbonyl (C=O) groups is 4. The van der Waals surface area contributed by atoms with Crippen molar-refractivity contribution in [2.75, 3.05) is 19.6 Å². The maximum atomic E-state index is 11.8. The number of rotatable bonds is 1. The molecule has 0 aromatic rings. The van der Waals surface area contributed by atoms with Gasteiger partial charge >= 0.3 is 0 Å². The molecule has 1 heterocycles. The Bertz CT molecular complexity index is 429. The molecule has 21 heavy (non-hydrogen) atoms. The van der Waals surface area contributed by atoms with E-state index in [1.807, 2.05) is 0 Å². The van der Waals surface area contributed by atoms with Crippen molar-refractivity contribution in [2.24, 2.45) is 5.73 Å². The van der Waals surface area contributed by atoms with Gasteiger partial charge in [-0.1, -0.05) is 0 Å². The van der Waals surface area contributed by atoms with Crippen LogP contribution in [0, 0.1) is 0 Å². The maximum absolute atomic E-state index is 11.8. The average Bonchev–Trinajstić information content (AvgIpc) is 2.44. The van der Waals surface area contributed by atoms with Gasteiger partial charge in [0, 0.05) is 13.0 Å². The predicted octanol–water partition coefficient (Wildman–Crippen LogP) is -2.29. The van der Waals surface area contributed by atoms with Gasteiger partial charge in [-0.25, -0.2) is 0 Å². The minimum atomic E-state index is -0.782. The van der Waals surface area contributed by atoms with Crippen LogP contribution in [0.25, 0.3) is 0 Å². The van der Waals surface area contributed by atoms with E-state index in [0.29, 0.717) is 6.42 Å². The summed E-state index contributed by atoms with van der Waals surface area (Å²) in [5.74, 6) is -0.948. The van der Waals surface area contributed by atoms with Crippen molar-refractivity contribution in [1.29, 1.82) is 0 Å². The molecule has 0 saturated carbocycles. The van der Waals surface area contributed by atoms with Crippen LogP contribution >= 0.6 is 12.6 Å². The standard InChI is InChI=1S/C12H20N4O4S/c13-7-1-2-10(18)16-6-11(19)14-4-3-8(12(20)21)15-5-9(7)17/h7-8,15H,1-6,13H2,(H,14,19)(H,16,18)(H,20,21). The first kappa shape index (κ1) is 17.6. The fraction of sp³-hybridized carbons (Fsp3) is 0.667. The highest BCUT2D eigenvalue weighted by Gasteiger charge is 2.20. The summed E-state index contributed by atoms with van der Waals surface area (Å²) in [4.78, 5) is 46.1. The van der Waals surface area contributed by atoms with Crippen molar-refractivity contribution in [3.63, 3.8) is 0 Å². The van der Waals surface area contributed by atoms with E-state index in [0.717, 1.165) is 0 Å². The number of Topliss-reactive ketones (excluding diaryl/α,β-unsaturated/α-hetero) is 1. The molecule has 1 aliphatic rings. The molecule has 9 heteroatoms. The molecule has 0 bridgehead atoms. The number of nitrogens with one attached hydrogen (secondary N) is 3. The topological polar surface area (TPSA) is 130 Å². The molecular formula is C12H20N4O4S. The lowest BCUT2D eigenvalue weighted by atomic mass is 10.1. The summed E-state index contributed by atoms with van der Waals surface area (Å²) in [6.45, 7) is 0.0154. The number of amides is 2. The normalized spacial score (nSPS) is 26.5. The molecule has 2 unspecified atom stereocenters. The molecule has 0 aliphatic carbocycles. The Morgan fingerprint density at radius 2 is 1.81 bits per heavy atom. The third-order valence-corrected chi connectivity index (χ3v) is 3.43. The van der Waals surface area contributed by atoms with Crippen LogP contribution in [0.1, 0.15) is 19.3 Å². The first-order valence-electron chi connectivity index (χ1n) is 6.68. The summed E-state index contributed by atoms with van der Waals surface area (Å²) in [5, 5.41) is 7.37. The first-order valence-corrected chi connectivity index (χ1v) is 7.12. The second-order valence-electron chi connectivity index (χ2n) is 4.80. The summed E-state index contributed by atoms with van der Waals surface area (Å²) in [5.41, 5.74) is 5.69. The van der Waals surface area contributed by atoms with E-state index in [4.69, 9.17) is 5.73 Å². The van der Waals surface area contributed by atoms with E-state index in [1.165, 1.54) is 0 Å². The van der Waals surface area contributed by atoms with Crippen LogP contribution in [0.2, 0.25) is 0 Å². The van der Waals surface area contributed by atoms with Crippen LogP contribution in [-0.4, -0.2) is 54.4 Å². The Morgan fingerprint density at radius 1 is 1.10 bits per heavy atom. The van der Waals surface area contributed by atoms with Crippen LogP contribution < -0.4 is 21.7 Å². The molecule has 2 atom stereocenters. The molecule has 1 aliphatic heterocycles. The van der Waals surface area contributed by atoms with Crippen molar-refractivity contribution < 1.29 is 19.2 Å². The molecule has 0 aromatic carbocycles. The average molecular weight is 316 g/mol. The number of thiol groups is 1. The van der Waals surface area contributed by atoms with Gasteiger partial charge in [-0.15, -0.1) is 12.6 Å². The van der Waals surface area contributed by atoms with Crippen molar-refractivity contribution in [3.05, 3.63) is 0 Å². The van der Waals surface area contributed by atoms with E-state index >= 15 is 0 Å². The molecule has 0 spiro atoms. The summed E-state index contributed by atoms with van der Waals surface area (Å²) >= 11 is 3.75. The molecule has 8 nitrogen and oxygen atoms in total. The van der Waals surface area contributed by atoms with E-state index in [2.05, 4.69) is 28.6 Å². The van der Waals surface area contributed by atoms with Gasteiger partial charge in [0.1, 0.15) is 0 Å². The van der Waals surface area contributed by atoms with Crippen LogP contribution in [0.3, 0.4) is 0 Å². The molecule has 118 valence electrons. The third-order valence-electron chi connectivity index (χ3n) is 3.12. The van der Waals surface area contributed by atoms with E-state index in [9.17, 15) is 19.2 Å². The monoisotopic (exact) mass is 316 g/mol. The summed E-state index contributed by atoms with van der Waals surface area (Å²) in [7, 11) is 0. The van der Waals surface area contributed by atoms with Crippen LogP contribution in [-0.2, 0) is 19.2 Å². The highest BCUT2D eigenvalue weighted by Crippen LogP contribution is 2.00. The molecule has 0 aromatic heterocycles. The summed E-state index contributed by atoms with van der Waals surface area (Å²) in [6, 6.07) is -1.42. The van der Waals surface area contributed by atoms with Crippen LogP contribution in [0.4, 0.5) is 0 Å². The van der Waals surface area contributed by atoms with Gasteiger partial charge in [0.15, 0.2) is 5.78 Å². The Balaban J connectivity index is 2.66. The molecule has 1 fully saturated rings. The van der Waals surface area contributed by atoms with Crippen LogP contribution in [0.15, 0.2) is 0 Å². The van der Waals surface area contributed by atoms with Gasteiger partial charge in [-0.05, 0) is 12.8 Å². The highest BCUT2D eigenvalue weighted by atomic mass is 32.1. The minimum absolute atomic E-state index is 0.0646. The smallest absolute Gasteiger partial charge is 0.239 e. The first-order chi connectivity index (χ1) is 9.90. The molecule has 0 radical (unpaired) electrons. The lowest BCUT2D eigenvalue weighted by Gasteiger charge is -2.18. The Labute approximate surface area is 128 Å². The third kappa shape index (κ3) is 6.69. The SMILES string of the molecule is NC1CCC(=O)NCC(=O)NCCC(C(=O)S)NCC1=O. The number of hydrogen-bond donors (Lipinski definition) is 5. The second kappa shape index (κ2) is 8.75. The van der Waals surface area contributed by atoms with E-state index in [-0.39, 0.29) is 50.1 Å². The van der Waals surface area contributed by atoms with Gasteiger partial charge in [0.05, 0.1) is 25.2 Å². The summed E-state index contributed by atoms with van der Waals surface area (Å²) < 4.78 is 0. The zero-order valence-electron chi connectivity index (χ0n) is 11.6. The zero-order valence-corrected chi connectivity index (χ0v) is 12.4. The Morgan fingerprint density at radius 3 is 2.48 bits per heavy atom. The van der Waals surface area contributed by atoms with Gasteiger partial charge in [0.25, 0.3) is 0 Å². The minimum Gasteiger partial charge on any atom is -0.354 e. The van der Waals surface area contributed by atoms with Gasteiger partial charge in [-0.3, -0.25) is 24.5 Å². The predicted molar refractivity (Wildman–Crippen MR) is 78.6 cm³/mol. The summed E-state index contributed by atoms with van der Waals surface area (Å²) in [6.07, 6.45) is 0.549. The quantitative estimate of drug-likeness (QED) is 0.346. The zero-order chi connectivity index (χ0) is 15.8. The highest BCUT2D eigenvalue weighted by molar-refractivity contribution is 7.96.